The van der Waals surface area contributed by atoms with E-state index >= 15 is 0 Å². The number of hydrogen-bond acceptors (Lipinski definition) is 2. The van der Waals surface area contributed by atoms with Crippen molar-refractivity contribution in [3.63, 3.8) is 0 Å². The van der Waals surface area contributed by atoms with E-state index in [0.717, 1.165) is 11.1 Å². The number of nitrogens with one attached hydrogen (secondary N) is 1. The van der Waals surface area contributed by atoms with E-state index in [1.165, 1.54) is 6.08 Å². The fraction of sp³-hybridized carbons (Fsp3) is 0.182. The molecule has 0 aliphatic heterocycles. The zero-order valence-corrected chi connectivity index (χ0v) is 7.99. The Morgan fingerprint density at radius 3 is 2.64 bits per heavy atom. The maximum absolute atomic E-state index is 10.9. The van der Waals surface area contributed by atoms with E-state index in [9.17, 15) is 4.79 Å². The summed E-state index contributed by atoms with van der Waals surface area (Å²) in [5, 5.41) is 2.71. The molecule has 0 aromatic heterocycles. The van der Waals surface area contributed by atoms with Crippen molar-refractivity contribution in [3.8, 4) is 0 Å². The molecule has 1 rings (SSSR count). The number of hydrogen-bond donors (Lipinski definition) is 2. The van der Waals surface area contributed by atoms with Crippen molar-refractivity contribution in [3.05, 3.63) is 48.0 Å². The number of nitrogens with two attached hydrogens (primary N) is 1. The smallest absolute Gasteiger partial charge is 0.243 e. The van der Waals surface area contributed by atoms with Crippen LogP contribution in [0.4, 0.5) is 0 Å². The van der Waals surface area contributed by atoms with Crippen molar-refractivity contribution < 1.29 is 4.79 Å². The van der Waals surface area contributed by atoms with Crippen LogP contribution >= 0.6 is 0 Å². The average Bonchev–Trinajstić information content (AvgIpc) is 2.26. The molecule has 0 atom stereocenters. The number of benzene rings is 1. The summed E-state index contributed by atoms with van der Waals surface area (Å²) < 4.78 is 0. The van der Waals surface area contributed by atoms with Crippen LogP contribution < -0.4 is 11.1 Å². The maximum atomic E-state index is 10.9. The van der Waals surface area contributed by atoms with Gasteiger partial charge in [0.15, 0.2) is 0 Å². The van der Waals surface area contributed by atoms with Gasteiger partial charge in [-0.3, -0.25) is 4.79 Å². The van der Waals surface area contributed by atoms with Gasteiger partial charge < -0.3 is 11.1 Å². The van der Waals surface area contributed by atoms with Crippen molar-refractivity contribution >= 4 is 5.91 Å². The topological polar surface area (TPSA) is 55.1 Å². The first kappa shape index (κ1) is 10.5. The molecule has 0 unspecified atom stereocenters. The number of carbonyl (C=O) groups is 1. The molecule has 0 radical (unpaired) electrons. The van der Waals surface area contributed by atoms with Crippen LogP contribution in [0, 0.1) is 0 Å². The van der Waals surface area contributed by atoms with E-state index in [4.69, 9.17) is 5.73 Å². The molecule has 0 saturated carbocycles. The van der Waals surface area contributed by atoms with Gasteiger partial charge in [-0.2, -0.15) is 0 Å². The number of amides is 1. The third-order valence-corrected chi connectivity index (χ3v) is 1.98. The molecular formula is C11H14N2O. The van der Waals surface area contributed by atoms with Crippen LogP contribution in [0.2, 0.25) is 0 Å². The molecule has 0 fully saturated rings. The van der Waals surface area contributed by atoms with Gasteiger partial charge in [-0.15, -0.1) is 0 Å². The van der Waals surface area contributed by atoms with Crippen LogP contribution in [0.1, 0.15) is 11.1 Å². The summed E-state index contributed by atoms with van der Waals surface area (Å²) >= 11 is 0. The van der Waals surface area contributed by atoms with Crippen molar-refractivity contribution in [2.45, 2.75) is 13.1 Å². The Hall–Kier alpha value is -1.61. The minimum Gasteiger partial charge on any atom is -0.348 e. The van der Waals surface area contributed by atoms with Gasteiger partial charge in [0.2, 0.25) is 5.91 Å². The van der Waals surface area contributed by atoms with Crippen LogP contribution in [0.25, 0.3) is 0 Å². The highest BCUT2D eigenvalue weighted by molar-refractivity contribution is 5.86. The van der Waals surface area contributed by atoms with Crippen LogP contribution in [-0.2, 0) is 17.9 Å². The van der Waals surface area contributed by atoms with Gasteiger partial charge in [0, 0.05) is 13.1 Å². The van der Waals surface area contributed by atoms with Gasteiger partial charge in [0.25, 0.3) is 0 Å². The standard InChI is InChI=1S/C11H14N2O/c1-2-11(14)13-8-10-6-4-3-5-9(10)7-12/h2-6H,1,7-8,12H2,(H,13,14). The Bertz CT molecular complexity index is 334. The predicted octanol–water partition coefficient (Wildman–Crippen LogP) is 0.948. The van der Waals surface area contributed by atoms with Crippen LogP contribution in [0.5, 0.6) is 0 Å². The molecule has 0 saturated heterocycles. The number of rotatable bonds is 4. The van der Waals surface area contributed by atoms with E-state index in [1.54, 1.807) is 0 Å². The maximum Gasteiger partial charge on any atom is 0.243 e. The summed E-state index contributed by atoms with van der Waals surface area (Å²) in [6.07, 6.45) is 1.26. The zero-order valence-electron chi connectivity index (χ0n) is 7.99. The van der Waals surface area contributed by atoms with Crippen molar-refractivity contribution in [2.75, 3.05) is 0 Å². The van der Waals surface area contributed by atoms with Gasteiger partial charge in [-0.05, 0) is 17.2 Å². The Labute approximate surface area is 83.6 Å². The first-order valence-electron chi connectivity index (χ1n) is 4.45. The summed E-state index contributed by atoms with van der Waals surface area (Å²) in [6, 6.07) is 7.76. The molecule has 0 aliphatic carbocycles. The van der Waals surface area contributed by atoms with Crippen molar-refractivity contribution in [1.82, 2.24) is 5.32 Å². The first-order chi connectivity index (χ1) is 6.77. The Morgan fingerprint density at radius 2 is 2.07 bits per heavy atom. The van der Waals surface area contributed by atoms with Gasteiger partial charge in [0.05, 0.1) is 0 Å². The molecule has 0 heterocycles. The molecule has 3 nitrogen and oxygen atoms in total. The highest BCUT2D eigenvalue weighted by Crippen LogP contribution is 2.06. The van der Waals surface area contributed by atoms with E-state index < -0.39 is 0 Å². The van der Waals surface area contributed by atoms with Gasteiger partial charge in [-0.25, -0.2) is 0 Å². The minimum atomic E-state index is -0.170. The average molecular weight is 190 g/mol. The van der Waals surface area contributed by atoms with E-state index in [-0.39, 0.29) is 5.91 Å². The minimum absolute atomic E-state index is 0.170. The van der Waals surface area contributed by atoms with E-state index in [2.05, 4.69) is 11.9 Å². The fourth-order valence-electron chi connectivity index (χ4n) is 1.18. The van der Waals surface area contributed by atoms with Gasteiger partial charge in [-0.1, -0.05) is 30.8 Å². The zero-order chi connectivity index (χ0) is 10.4. The van der Waals surface area contributed by atoms with Crippen LogP contribution in [-0.4, -0.2) is 5.91 Å². The van der Waals surface area contributed by atoms with Crippen LogP contribution in [0.3, 0.4) is 0 Å². The lowest BCUT2D eigenvalue weighted by molar-refractivity contribution is -0.116. The SMILES string of the molecule is C=CC(=O)NCc1ccccc1CN. The first-order valence-corrected chi connectivity index (χ1v) is 4.45. The van der Waals surface area contributed by atoms with Gasteiger partial charge >= 0.3 is 0 Å². The van der Waals surface area contributed by atoms with Gasteiger partial charge in [0.1, 0.15) is 0 Å². The number of carbonyl (C=O) groups excluding carboxylic acids is 1. The molecule has 0 aliphatic rings. The molecular weight excluding hydrogens is 176 g/mol. The largest absolute Gasteiger partial charge is 0.348 e. The van der Waals surface area contributed by atoms with Crippen molar-refractivity contribution in [2.24, 2.45) is 5.73 Å². The molecule has 74 valence electrons. The summed E-state index contributed by atoms with van der Waals surface area (Å²) in [4.78, 5) is 10.9. The lowest BCUT2D eigenvalue weighted by Crippen LogP contribution is -2.21. The Morgan fingerprint density at radius 1 is 1.43 bits per heavy atom. The highest BCUT2D eigenvalue weighted by Gasteiger charge is 2.00. The predicted molar refractivity (Wildman–Crippen MR) is 56.4 cm³/mol. The molecule has 0 spiro atoms. The quantitative estimate of drug-likeness (QED) is 0.694. The molecule has 0 bridgehead atoms. The highest BCUT2D eigenvalue weighted by atomic mass is 16.1. The molecule has 1 aromatic carbocycles. The third kappa shape index (κ3) is 2.71. The summed E-state index contributed by atoms with van der Waals surface area (Å²) in [5.41, 5.74) is 7.66. The summed E-state index contributed by atoms with van der Waals surface area (Å²) in [5.74, 6) is -0.170. The fourth-order valence-corrected chi connectivity index (χ4v) is 1.18. The second-order valence-electron chi connectivity index (χ2n) is 2.89. The van der Waals surface area contributed by atoms with E-state index in [1.807, 2.05) is 24.3 Å². The molecule has 1 aromatic rings. The monoisotopic (exact) mass is 190 g/mol. The lowest BCUT2D eigenvalue weighted by Gasteiger charge is -2.07. The molecule has 3 N–H and O–H groups in total. The second kappa shape index (κ2) is 5.19. The molecule has 14 heavy (non-hydrogen) atoms. The second-order valence-corrected chi connectivity index (χ2v) is 2.89. The van der Waals surface area contributed by atoms with Crippen molar-refractivity contribution in [1.29, 1.82) is 0 Å². The normalized spacial score (nSPS) is 9.50. The Balaban J connectivity index is 2.66. The van der Waals surface area contributed by atoms with E-state index in [0.29, 0.717) is 13.1 Å². The summed E-state index contributed by atoms with van der Waals surface area (Å²) in [7, 11) is 0. The summed E-state index contributed by atoms with van der Waals surface area (Å²) in [6.45, 7) is 4.36. The van der Waals surface area contributed by atoms with Crippen LogP contribution in [0.15, 0.2) is 36.9 Å². The molecule has 3 heteroatoms. The lowest BCUT2D eigenvalue weighted by atomic mass is 10.1. The molecule has 1 amide bonds. The Kier molecular flexibility index (Phi) is 3.88. The third-order valence-electron chi connectivity index (χ3n) is 1.98.